The van der Waals surface area contributed by atoms with Crippen molar-refractivity contribution in [3.8, 4) is 0 Å². The first-order valence-electron chi connectivity index (χ1n) is 6.66. The Bertz CT molecular complexity index is 581. The molecule has 21 heavy (non-hydrogen) atoms. The molecule has 1 aliphatic heterocycles. The fourth-order valence-electron chi connectivity index (χ4n) is 2.04. The van der Waals surface area contributed by atoms with Crippen LogP contribution in [0.15, 0.2) is 24.5 Å². The summed E-state index contributed by atoms with van der Waals surface area (Å²) in [5.74, 6) is 0.780. The lowest BCUT2D eigenvalue weighted by Gasteiger charge is -2.27. The van der Waals surface area contributed by atoms with Crippen molar-refractivity contribution in [1.82, 2.24) is 19.9 Å². The van der Waals surface area contributed by atoms with E-state index in [1.165, 1.54) is 6.20 Å². The summed E-state index contributed by atoms with van der Waals surface area (Å²) in [7, 11) is 0. The minimum Gasteiger partial charge on any atom is -0.378 e. The zero-order valence-corrected chi connectivity index (χ0v) is 12.2. The first kappa shape index (κ1) is 13.9. The van der Waals surface area contributed by atoms with Crippen molar-refractivity contribution in [3.63, 3.8) is 0 Å². The Labute approximate surface area is 126 Å². The standard InChI is InChI=1S/C13H15N5O2S/c19-13(11-9-16-17-21-11)15-8-10-1-2-12(14-7-10)18-3-5-20-6-4-18/h1-2,7,9H,3-6,8H2,(H,15,19). The van der Waals surface area contributed by atoms with E-state index in [9.17, 15) is 4.79 Å². The van der Waals surface area contributed by atoms with E-state index >= 15 is 0 Å². The second-order valence-corrected chi connectivity index (χ2v) is 5.37. The van der Waals surface area contributed by atoms with Gasteiger partial charge in [-0.15, -0.1) is 5.10 Å². The van der Waals surface area contributed by atoms with Gasteiger partial charge in [0.25, 0.3) is 5.91 Å². The van der Waals surface area contributed by atoms with Crippen LogP contribution in [0.25, 0.3) is 0 Å². The van der Waals surface area contributed by atoms with E-state index in [-0.39, 0.29) is 5.91 Å². The molecule has 0 aromatic carbocycles. The van der Waals surface area contributed by atoms with Crippen LogP contribution in [0.3, 0.4) is 0 Å². The second-order valence-electron chi connectivity index (χ2n) is 4.59. The minimum absolute atomic E-state index is 0.165. The van der Waals surface area contributed by atoms with Gasteiger partial charge in [0.2, 0.25) is 0 Å². The van der Waals surface area contributed by atoms with Crippen LogP contribution in [-0.4, -0.2) is 46.8 Å². The number of carbonyl (C=O) groups is 1. The number of anilines is 1. The number of pyridine rings is 1. The van der Waals surface area contributed by atoms with E-state index < -0.39 is 0 Å². The highest BCUT2D eigenvalue weighted by atomic mass is 32.1. The Morgan fingerprint density at radius 1 is 1.33 bits per heavy atom. The summed E-state index contributed by atoms with van der Waals surface area (Å²) in [4.78, 5) is 18.9. The van der Waals surface area contributed by atoms with Crippen LogP contribution in [0.2, 0.25) is 0 Å². The number of morpholine rings is 1. The third-order valence-electron chi connectivity index (χ3n) is 3.18. The molecule has 0 atom stereocenters. The predicted molar refractivity (Wildman–Crippen MR) is 78.3 cm³/mol. The summed E-state index contributed by atoms with van der Waals surface area (Å²) in [6, 6.07) is 3.95. The van der Waals surface area contributed by atoms with Gasteiger partial charge in [-0.05, 0) is 23.2 Å². The number of amides is 1. The van der Waals surface area contributed by atoms with Crippen LogP contribution < -0.4 is 10.2 Å². The highest BCUT2D eigenvalue weighted by molar-refractivity contribution is 7.07. The normalized spacial score (nSPS) is 15.0. The van der Waals surface area contributed by atoms with E-state index in [0.29, 0.717) is 11.4 Å². The van der Waals surface area contributed by atoms with E-state index in [1.54, 1.807) is 6.20 Å². The van der Waals surface area contributed by atoms with Gasteiger partial charge in [-0.3, -0.25) is 4.79 Å². The van der Waals surface area contributed by atoms with Crippen molar-refractivity contribution < 1.29 is 9.53 Å². The van der Waals surface area contributed by atoms with Crippen molar-refractivity contribution in [2.75, 3.05) is 31.2 Å². The van der Waals surface area contributed by atoms with Gasteiger partial charge in [-0.25, -0.2) is 4.98 Å². The number of rotatable bonds is 4. The second kappa shape index (κ2) is 6.59. The van der Waals surface area contributed by atoms with Crippen LogP contribution in [0.1, 0.15) is 15.2 Å². The fourth-order valence-corrected chi connectivity index (χ4v) is 2.47. The molecular formula is C13H15N5O2S. The third-order valence-corrected chi connectivity index (χ3v) is 3.85. The van der Waals surface area contributed by atoms with E-state index in [4.69, 9.17) is 4.74 Å². The fraction of sp³-hybridized carbons (Fsp3) is 0.385. The van der Waals surface area contributed by atoms with Crippen LogP contribution in [-0.2, 0) is 11.3 Å². The van der Waals surface area contributed by atoms with Crippen molar-refractivity contribution in [3.05, 3.63) is 35.0 Å². The van der Waals surface area contributed by atoms with Gasteiger partial charge in [0.1, 0.15) is 10.7 Å². The Kier molecular flexibility index (Phi) is 4.37. The summed E-state index contributed by atoms with van der Waals surface area (Å²) in [5, 5.41) is 6.46. The van der Waals surface area contributed by atoms with Crippen molar-refractivity contribution >= 4 is 23.3 Å². The molecule has 0 radical (unpaired) electrons. The molecule has 0 aliphatic carbocycles. The van der Waals surface area contributed by atoms with Crippen molar-refractivity contribution in [2.45, 2.75) is 6.54 Å². The van der Waals surface area contributed by atoms with E-state index in [0.717, 1.165) is 49.2 Å². The lowest BCUT2D eigenvalue weighted by molar-refractivity contribution is 0.0954. The molecule has 2 aromatic heterocycles. The predicted octanol–water partition coefficient (Wildman–Crippen LogP) is 0.700. The average molecular weight is 305 g/mol. The molecule has 7 nitrogen and oxygen atoms in total. The molecule has 0 saturated carbocycles. The quantitative estimate of drug-likeness (QED) is 0.895. The van der Waals surface area contributed by atoms with E-state index in [2.05, 4.69) is 24.8 Å². The van der Waals surface area contributed by atoms with Crippen LogP contribution >= 0.6 is 11.5 Å². The van der Waals surface area contributed by atoms with Crippen molar-refractivity contribution in [1.29, 1.82) is 0 Å². The molecular weight excluding hydrogens is 290 g/mol. The first-order chi connectivity index (χ1) is 10.3. The van der Waals surface area contributed by atoms with Crippen LogP contribution in [0, 0.1) is 0 Å². The monoisotopic (exact) mass is 305 g/mol. The Balaban J connectivity index is 1.55. The Morgan fingerprint density at radius 2 is 2.19 bits per heavy atom. The van der Waals surface area contributed by atoms with E-state index in [1.807, 2.05) is 12.1 Å². The summed E-state index contributed by atoms with van der Waals surface area (Å²) in [6.45, 7) is 3.64. The largest absolute Gasteiger partial charge is 0.378 e. The maximum absolute atomic E-state index is 11.8. The van der Waals surface area contributed by atoms with Gasteiger partial charge in [0.05, 0.1) is 19.4 Å². The van der Waals surface area contributed by atoms with Gasteiger partial charge >= 0.3 is 0 Å². The molecule has 110 valence electrons. The first-order valence-corrected chi connectivity index (χ1v) is 7.43. The SMILES string of the molecule is O=C(NCc1ccc(N2CCOCC2)nc1)c1cnns1. The summed E-state index contributed by atoms with van der Waals surface area (Å²) in [5.41, 5.74) is 0.956. The number of ether oxygens (including phenoxy) is 1. The zero-order chi connectivity index (χ0) is 14.5. The molecule has 0 bridgehead atoms. The van der Waals surface area contributed by atoms with Gasteiger partial charge in [-0.1, -0.05) is 10.6 Å². The Morgan fingerprint density at radius 3 is 2.86 bits per heavy atom. The maximum Gasteiger partial charge on any atom is 0.264 e. The highest BCUT2D eigenvalue weighted by Gasteiger charge is 2.12. The van der Waals surface area contributed by atoms with Gasteiger partial charge in [0, 0.05) is 25.8 Å². The number of carbonyl (C=O) groups excluding carboxylic acids is 1. The Hall–Kier alpha value is -2.06. The van der Waals surface area contributed by atoms with Gasteiger partial charge in [-0.2, -0.15) is 0 Å². The van der Waals surface area contributed by atoms with Crippen molar-refractivity contribution in [2.24, 2.45) is 0 Å². The van der Waals surface area contributed by atoms with Gasteiger partial charge in [0.15, 0.2) is 0 Å². The summed E-state index contributed by atoms with van der Waals surface area (Å²) in [6.07, 6.45) is 3.25. The zero-order valence-electron chi connectivity index (χ0n) is 11.4. The van der Waals surface area contributed by atoms with Gasteiger partial charge < -0.3 is 15.0 Å². The highest BCUT2D eigenvalue weighted by Crippen LogP contribution is 2.13. The lowest BCUT2D eigenvalue weighted by Crippen LogP contribution is -2.36. The van der Waals surface area contributed by atoms with Crippen LogP contribution in [0.4, 0.5) is 5.82 Å². The molecule has 1 N–H and O–H groups in total. The molecule has 2 aromatic rings. The molecule has 1 fully saturated rings. The molecule has 1 amide bonds. The molecule has 0 unspecified atom stereocenters. The summed E-state index contributed by atoms with van der Waals surface area (Å²) < 4.78 is 8.98. The number of aromatic nitrogens is 3. The maximum atomic E-state index is 11.8. The molecule has 1 saturated heterocycles. The average Bonchev–Trinajstić information content (AvgIpc) is 3.08. The topological polar surface area (TPSA) is 80.2 Å². The molecule has 0 spiro atoms. The number of hydrogen-bond acceptors (Lipinski definition) is 7. The number of nitrogens with one attached hydrogen (secondary N) is 1. The van der Waals surface area contributed by atoms with Crippen LogP contribution in [0.5, 0.6) is 0 Å². The number of hydrogen-bond donors (Lipinski definition) is 1. The smallest absolute Gasteiger partial charge is 0.264 e. The molecule has 3 rings (SSSR count). The minimum atomic E-state index is -0.165. The lowest BCUT2D eigenvalue weighted by atomic mass is 10.2. The molecule has 3 heterocycles. The third kappa shape index (κ3) is 3.53. The molecule has 8 heteroatoms. The number of nitrogens with zero attached hydrogens (tertiary/aromatic N) is 4. The molecule has 1 aliphatic rings. The summed E-state index contributed by atoms with van der Waals surface area (Å²) >= 11 is 1.08.